The monoisotopic (exact) mass is 214 g/mol. The van der Waals surface area contributed by atoms with Gasteiger partial charge in [-0.25, -0.2) is 0 Å². The Kier molecular flexibility index (Phi) is 4.62. The molecule has 0 spiro atoms. The van der Waals surface area contributed by atoms with Gasteiger partial charge in [0.1, 0.15) is 0 Å². The van der Waals surface area contributed by atoms with Crippen LogP contribution in [0.25, 0.3) is 0 Å². The van der Waals surface area contributed by atoms with E-state index in [2.05, 4.69) is 51.0 Å². The number of hydrogen-bond donors (Lipinski definition) is 0. The van der Waals surface area contributed by atoms with Crippen LogP contribution in [0.4, 0.5) is 0 Å². The molecule has 0 saturated heterocycles. The summed E-state index contributed by atoms with van der Waals surface area (Å²) in [5, 5.41) is 0. The van der Waals surface area contributed by atoms with Gasteiger partial charge in [0.15, 0.2) is 0 Å². The number of terminal acetylenes is 1. The molecule has 0 saturated carbocycles. The third kappa shape index (κ3) is 4.11. The topological polar surface area (TPSA) is 0 Å². The lowest BCUT2D eigenvalue weighted by Gasteiger charge is -2.19. The fourth-order valence-electron chi connectivity index (χ4n) is 1.73. The molecular formula is C16H22. The standard InChI is InChI=1S/C16H22/c1-5-6-7-8-9-14-10-12-15(13-11-14)16(2,3)4/h1,10-13H,6-9H2,2-4H3. The van der Waals surface area contributed by atoms with Gasteiger partial charge in [-0.05, 0) is 35.8 Å². The third-order valence-electron chi connectivity index (χ3n) is 2.86. The van der Waals surface area contributed by atoms with E-state index in [0.717, 1.165) is 19.3 Å². The van der Waals surface area contributed by atoms with Crippen LogP contribution in [0.1, 0.15) is 51.2 Å². The number of aryl methyl sites for hydroxylation is 1. The maximum atomic E-state index is 5.23. The van der Waals surface area contributed by atoms with E-state index in [9.17, 15) is 0 Å². The second-order valence-electron chi connectivity index (χ2n) is 5.36. The molecule has 0 unspecified atom stereocenters. The molecule has 0 radical (unpaired) electrons. The summed E-state index contributed by atoms with van der Waals surface area (Å²) in [4.78, 5) is 0. The van der Waals surface area contributed by atoms with Gasteiger partial charge < -0.3 is 0 Å². The van der Waals surface area contributed by atoms with Crippen LogP contribution in [0.2, 0.25) is 0 Å². The minimum atomic E-state index is 0.252. The maximum absolute atomic E-state index is 5.23. The Morgan fingerprint density at radius 2 is 1.69 bits per heavy atom. The van der Waals surface area contributed by atoms with Gasteiger partial charge in [0.25, 0.3) is 0 Å². The van der Waals surface area contributed by atoms with E-state index in [1.165, 1.54) is 17.5 Å². The number of hydrogen-bond acceptors (Lipinski definition) is 0. The Bertz CT molecular complexity index is 343. The zero-order valence-corrected chi connectivity index (χ0v) is 10.7. The summed E-state index contributed by atoms with van der Waals surface area (Å²) in [6.07, 6.45) is 9.60. The van der Waals surface area contributed by atoms with E-state index in [1.807, 2.05) is 0 Å². The van der Waals surface area contributed by atoms with Crippen LogP contribution in [0.15, 0.2) is 24.3 Å². The van der Waals surface area contributed by atoms with Crippen molar-refractivity contribution < 1.29 is 0 Å². The molecule has 0 aliphatic rings. The van der Waals surface area contributed by atoms with E-state index < -0.39 is 0 Å². The van der Waals surface area contributed by atoms with Crippen molar-refractivity contribution in [1.82, 2.24) is 0 Å². The highest BCUT2D eigenvalue weighted by atomic mass is 14.2. The molecular weight excluding hydrogens is 192 g/mol. The Morgan fingerprint density at radius 1 is 1.06 bits per heavy atom. The van der Waals surface area contributed by atoms with E-state index in [4.69, 9.17) is 6.42 Å². The lowest BCUT2D eigenvalue weighted by atomic mass is 9.86. The van der Waals surface area contributed by atoms with Gasteiger partial charge in [-0.1, -0.05) is 45.0 Å². The van der Waals surface area contributed by atoms with Crippen LogP contribution in [0, 0.1) is 12.3 Å². The van der Waals surface area contributed by atoms with Gasteiger partial charge in [-0.3, -0.25) is 0 Å². The minimum Gasteiger partial charge on any atom is -0.120 e. The number of unbranched alkanes of at least 4 members (excludes halogenated alkanes) is 2. The highest BCUT2D eigenvalue weighted by molar-refractivity contribution is 5.27. The molecule has 0 aromatic heterocycles. The normalized spacial score (nSPS) is 11.1. The van der Waals surface area contributed by atoms with Crippen molar-refractivity contribution >= 4 is 0 Å². The Labute approximate surface area is 100 Å². The van der Waals surface area contributed by atoms with E-state index in [-0.39, 0.29) is 5.41 Å². The molecule has 0 atom stereocenters. The van der Waals surface area contributed by atoms with Crippen molar-refractivity contribution in [3.63, 3.8) is 0 Å². The predicted molar refractivity (Wildman–Crippen MR) is 71.5 cm³/mol. The third-order valence-corrected chi connectivity index (χ3v) is 2.86. The highest BCUT2D eigenvalue weighted by Crippen LogP contribution is 2.22. The van der Waals surface area contributed by atoms with Gasteiger partial charge in [0.2, 0.25) is 0 Å². The van der Waals surface area contributed by atoms with Crippen molar-refractivity contribution in [2.24, 2.45) is 0 Å². The van der Waals surface area contributed by atoms with Crippen molar-refractivity contribution in [1.29, 1.82) is 0 Å². The van der Waals surface area contributed by atoms with E-state index in [1.54, 1.807) is 0 Å². The Balaban J connectivity index is 2.49. The molecule has 0 N–H and O–H groups in total. The molecule has 1 aromatic rings. The molecule has 0 amide bonds. The molecule has 0 aliphatic carbocycles. The first-order chi connectivity index (χ1) is 7.54. The molecule has 0 aliphatic heterocycles. The van der Waals surface area contributed by atoms with Crippen molar-refractivity contribution in [3.8, 4) is 12.3 Å². The molecule has 0 heteroatoms. The molecule has 0 heterocycles. The SMILES string of the molecule is C#CCCCCc1ccc(C(C)(C)C)cc1. The van der Waals surface area contributed by atoms with Crippen LogP contribution in [0.5, 0.6) is 0 Å². The fraction of sp³-hybridized carbons (Fsp3) is 0.500. The number of rotatable bonds is 4. The van der Waals surface area contributed by atoms with E-state index >= 15 is 0 Å². The average Bonchev–Trinajstić information content (AvgIpc) is 2.24. The van der Waals surface area contributed by atoms with Gasteiger partial charge in [0.05, 0.1) is 0 Å². The summed E-state index contributed by atoms with van der Waals surface area (Å²) in [6.45, 7) is 6.73. The first-order valence-corrected chi connectivity index (χ1v) is 6.07. The molecule has 0 bridgehead atoms. The lowest BCUT2D eigenvalue weighted by Crippen LogP contribution is -2.10. The summed E-state index contributed by atoms with van der Waals surface area (Å²) in [6, 6.07) is 8.99. The Morgan fingerprint density at radius 3 is 2.19 bits per heavy atom. The summed E-state index contributed by atoms with van der Waals surface area (Å²) in [5.41, 5.74) is 3.08. The molecule has 16 heavy (non-hydrogen) atoms. The summed E-state index contributed by atoms with van der Waals surface area (Å²) in [7, 11) is 0. The first-order valence-electron chi connectivity index (χ1n) is 6.07. The first kappa shape index (κ1) is 12.8. The largest absolute Gasteiger partial charge is 0.120 e. The summed E-state index contributed by atoms with van der Waals surface area (Å²) in [5.74, 6) is 2.68. The molecule has 1 aromatic carbocycles. The minimum absolute atomic E-state index is 0.252. The van der Waals surface area contributed by atoms with Gasteiger partial charge in [0, 0.05) is 6.42 Å². The number of benzene rings is 1. The molecule has 86 valence electrons. The van der Waals surface area contributed by atoms with Gasteiger partial charge >= 0.3 is 0 Å². The Hall–Kier alpha value is -1.22. The van der Waals surface area contributed by atoms with Crippen molar-refractivity contribution in [2.45, 2.75) is 51.9 Å². The van der Waals surface area contributed by atoms with Crippen LogP contribution >= 0.6 is 0 Å². The average molecular weight is 214 g/mol. The zero-order chi connectivity index (χ0) is 12.0. The second-order valence-corrected chi connectivity index (χ2v) is 5.36. The fourth-order valence-corrected chi connectivity index (χ4v) is 1.73. The quantitative estimate of drug-likeness (QED) is 0.517. The summed E-state index contributed by atoms with van der Waals surface area (Å²) < 4.78 is 0. The maximum Gasteiger partial charge on any atom is 0.00861 e. The molecule has 0 fully saturated rings. The van der Waals surface area contributed by atoms with Gasteiger partial charge in [-0.15, -0.1) is 12.3 Å². The van der Waals surface area contributed by atoms with Crippen LogP contribution in [-0.2, 0) is 11.8 Å². The van der Waals surface area contributed by atoms with Crippen molar-refractivity contribution in [2.75, 3.05) is 0 Å². The van der Waals surface area contributed by atoms with Crippen LogP contribution in [0.3, 0.4) is 0 Å². The lowest BCUT2D eigenvalue weighted by molar-refractivity contribution is 0.590. The summed E-state index contributed by atoms with van der Waals surface area (Å²) >= 11 is 0. The van der Waals surface area contributed by atoms with Gasteiger partial charge in [-0.2, -0.15) is 0 Å². The van der Waals surface area contributed by atoms with Crippen LogP contribution < -0.4 is 0 Å². The second kappa shape index (κ2) is 5.75. The molecule has 1 rings (SSSR count). The zero-order valence-electron chi connectivity index (χ0n) is 10.7. The highest BCUT2D eigenvalue weighted by Gasteiger charge is 2.12. The van der Waals surface area contributed by atoms with Crippen molar-refractivity contribution in [3.05, 3.63) is 35.4 Å². The smallest absolute Gasteiger partial charge is 0.00861 e. The van der Waals surface area contributed by atoms with E-state index in [0.29, 0.717) is 0 Å². The van der Waals surface area contributed by atoms with Crippen LogP contribution in [-0.4, -0.2) is 0 Å². The molecule has 0 nitrogen and oxygen atoms in total. The predicted octanol–water partition coefficient (Wildman–Crippen LogP) is 4.33.